The maximum atomic E-state index is 10.5. The minimum Gasteiger partial charge on any atom is -0.388 e. The number of hydrogen-bond donors (Lipinski definition) is 1. The van der Waals surface area contributed by atoms with Crippen molar-refractivity contribution in [2.75, 3.05) is 20.1 Å². The Kier molecular flexibility index (Phi) is 3.55. The van der Waals surface area contributed by atoms with Gasteiger partial charge in [-0.1, -0.05) is 38.1 Å². The Bertz CT molecular complexity index is 371. The Balaban J connectivity index is 2.04. The highest BCUT2D eigenvalue weighted by molar-refractivity contribution is 5.26. The van der Waals surface area contributed by atoms with Gasteiger partial charge in [0.2, 0.25) is 0 Å². The molecule has 1 N–H and O–H groups in total. The molecular weight excluding hydrogens is 210 g/mol. The number of aliphatic hydroxyl groups is 1. The van der Waals surface area contributed by atoms with Gasteiger partial charge in [-0.3, -0.25) is 0 Å². The fourth-order valence-electron chi connectivity index (χ4n) is 2.60. The first-order chi connectivity index (χ1) is 7.98. The Morgan fingerprint density at radius 3 is 2.41 bits per heavy atom. The van der Waals surface area contributed by atoms with Crippen LogP contribution in [0, 0.1) is 0 Å². The Hall–Kier alpha value is -0.860. The molecule has 17 heavy (non-hydrogen) atoms. The van der Waals surface area contributed by atoms with E-state index < -0.39 is 5.60 Å². The van der Waals surface area contributed by atoms with Gasteiger partial charge in [-0.15, -0.1) is 0 Å². The van der Waals surface area contributed by atoms with E-state index in [-0.39, 0.29) is 0 Å². The van der Waals surface area contributed by atoms with Crippen molar-refractivity contribution in [3.63, 3.8) is 0 Å². The molecule has 2 nitrogen and oxygen atoms in total. The van der Waals surface area contributed by atoms with E-state index in [0.29, 0.717) is 5.92 Å². The van der Waals surface area contributed by atoms with Gasteiger partial charge in [0.05, 0.1) is 5.60 Å². The fourth-order valence-corrected chi connectivity index (χ4v) is 2.60. The van der Waals surface area contributed by atoms with Crippen molar-refractivity contribution < 1.29 is 5.11 Å². The molecule has 0 radical (unpaired) electrons. The summed E-state index contributed by atoms with van der Waals surface area (Å²) < 4.78 is 0. The van der Waals surface area contributed by atoms with Gasteiger partial charge in [0, 0.05) is 19.5 Å². The Labute approximate surface area is 104 Å². The van der Waals surface area contributed by atoms with Gasteiger partial charge < -0.3 is 10.0 Å². The molecule has 0 amide bonds. The van der Waals surface area contributed by atoms with E-state index in [1.165, 1.54) is 11.1 Å². The van der Waals surface area contributed by atoms with Crippen LogP contribution in [0.15, 0.2) is 24.3 Å². The van der Waals surface area contributed by atoms with Crippen molar-refractivity contribution in [3.8, 4) is 0 Å². The Morgan fingerprint density at radius 1 is 1.29 bits per heavy atom. The van der Waals surface area contributed by atoms with Gasteiger partial charge in [0.15, 0.2) is 0 Å². The van der Waals surface area contributed by atoms with Crippen LogP contribution in [0.2, 0.25) is 0 Å². The summed E-state index contributed by atoms with van der Waals surface area (Å²) in [5.41, 5.74) is 2.09. The summed E-state index contributed by atoms with van der Waals surface area (Å²) in [5, 5.41) is 10.5. The number of rotatable bonds is 3. The number of likely N-dealkylation sites (tertiary alicyclic amines) is 1. The smallest absolute Gasteiger partial charge is 0.0826 e. The molecule has 1 aliphatic heterocycles. The molecule has 1 aromatic rings. The van der Waals surface area contributed by atoms with Crippen molar-refractivity contribution in [3.05, 3.63) is 35.4 Å². The second kappa shape index (κ2) is 4.79. The monoisotopic (exact) mass is 233 g/mol. The first-order valence-corrected chi connectivity index (χ1v) is 6.48. The van der Waals surface area contributed by atoms with E-state index in [9.17, 15) is 5.11 Å². The lowest BCUT2D eigenvalue weighted by Crippen LogP contribution is -2.34. The number of β-amino-alcohol motifs (C(OH)–C–C–N with tert-alkyl or cyclic N) is 1. The van der Waals surface area contributed by atoms with Crippen LogP contribution in [0.5, 0.6) is 0 Å². The predicted molar refractivity (Wildman–Crippen MR) is 71.3 cm³/mol. The largest absolute Gasteiger partial charge is 0.388 e. The van der Waals surface area contributed by atoms with Gasteiger partial charge in [-0.05, 0) is 30.5 Å². The zero-order chi connectivity index (χ0) is 12.5. The van der Waals surface area contributed by atoms with Crippen LogP contribution in [-0.4, -0.2) is 35.7 Å². The maximum absolute atomic E-state index is 10.5. The van der Waals surface area contributed by atoms with Crippen LogP contribution in [0.4, 0.5) is 0 Å². The lowest BCUT2D eigenvalue weighted by atomic mass is 9.92. The zero-order valence-electron chi connectivity index (χ0n) is 11.1. The Morgan fingerprint density at radius 2 is 1.94 bits per heavy atom. The van der Waals surface area contributed by atoms with E-state index in [1.807, 2.05) is 0 Å². The van der Waals surface area contributed by atoms with Crippen LogP contribution in [-0.2, 0) is 6.42 Å². The van der Waals surface area contributed by atoms with Crippen molar-refractivity contribution in [2.45, 2.75) is 38.2 Å². The lowest BCUT2D eigenvalue weighted by Gasteiger charge is -2.22. The lowest BCUT2D eigenvalue weighted by molar-refractivity contribution is 0.0523. The summed E-state index contributed by atoms with van der Waals surface area (Å²) in [6, 6.07) is 8.68. The molecule has 1 saturated heterocycles. The van der Waals surface area contributed by atoms with Gasteiger partial charge in [0.25, 0.3) is 0 Å². The SMILES string of the molecule is CC(C)c1ccc(CC2(O)CCN(C)C2)cc1. The van der Waals surface area contributed by atoms with Crippen molar-refractivity contribution in [2.24, 2.45) is 0 Å². The number of hydrogen-bond acceptors (Lipinski definition) is 2. The summed E-state index contributed by atoms with van der Waals surface area (Å²) in [6.45, 7) is 6.20. The molecule has 0 spiro atoms. The molecule has 0 bridgehead atoms. The molecule has 2 rings (SSSR count). The summed E-state index contributed by atoms with van der Waals surface area (Å²) in [6.07, 6.45) is 1.66. The van der Waals surface area contributed by atoms with E-state index in [1.54, 1.807) is 0 Å². The van der Waals surface area contributed by atoms with Crippen LogP contribution in [0.25, 0.3) is 0 Å². The van der Waals surface area contributed by atoms with Crippen LogP contribution < -0.4 is 0 Å². The van der Waals surface area contributed by atoms with E-state index in [2.05, 4.69) is 50.1 Å². The molecule has 0 saturated carbocycles. The highest BCUT2D eigenvalue weighted by atomic mass is 16.3. The quantitative estimate of drug-likeness (QED) is 0.866. The molecule has 1 atom stereocenters. The van der Waals surface area contributed by atoms with Crippen LogP contribution in [0.1, 0.15) is 37.3 Å². The molecule has 2 heteroatoms. The van der Waals surface area contributed by atoms with Crippen molar-refractivity contribution in [1.29, 1.82) is 0 Å². The second-order valence-corrected chi connectivity index (χ2v) is 5.79. The summed E-state index contributed by atoms with van der Waals surface area (Å²) >= 11 is 0. The first-order valence-electron chi connectivity index (χ1n) is 6.48. The summed E-state index contributed by atoms with van der Waals surface area (Å²) in [4.78, 5) is 2.20. The summed E-state index contributed by atoms with van der Waals surface area (Å²) in [7, 11) is 2.07. The highest BCUT2D eigenvalue weighted by Gasteiger charge is 2.34. The van der Waals surface area contributed by atoms with Gasteiger partial charge >= 0.3 is 0 Å². The van der Waals surface area contributed by atoms with Crippen LogP contribution in [0.3, 0.4) is 0 Å². The molecule has 1 aromatic carbocycles. The van der Waals surface area contributed by atoms with Gasteiger partial charge in [0.1, 0.15) is 0 Å². The predicted octanol–water partition coefficient (Wildman–Crippen LogP) is 2.42. The standard InChI is InChI=1S/C15H23NO/c1-12(2)14-6-4-13(5-7-14)10-15(17)8-9-16(3)11-15/h4-7,12,17H,8-11H2,1-3H3. The van der Waals surface area contributed by atoms with Crippen molar-refractivity contribution >= 4 is 0 Å². The normalized spacial score (nSPS) is 25.7. The van der Waals surface area contributed by atoms with E-state index >= 15 is 0 Å². The van der Waals surface area contributed by atoms with Gasteiger partial charge in [-0.2, -0.15) is 0 Å². The molecule has 1 unspecified atom stereocenters. The molecular formula is C15H23NO. The first kappa shape index (κ1) is 12.6. The number of nitrogens with zero attached hydrogens (tertiary/aromatic N) is 1. The molecule has 1 fully saturated rings. The minimum absolute atomic E-state index is 0.520. The number of likely N-dealkylation sites (N-methyl/N-ethyl adjacent to an activating group) is 1. The van der Waals surface area contributed by atoms with Gasteiger partial charge in [-0.25, -0.2) is 0 Å². The average molecular weight is 233 g/mol. The molecule has 0 aromatic heterocycles. The number of benzene rings is 1. The third-order valence-electron chi connectivity index (χ3n) is 3.70. The topological polar surface area (TPSA) is 23.5 Å². The molecule has 1 heterocycles. The maximum Gasteiger partial charge on any atom is 0.0826 e. The third kappa shape index (κ3) is 3.08. The summed E-state index contributed by atoms with van der Waals surface area (Å²) in [5.74, 6) is 0.574. The van der Waals surface area contributed by atoms with Crippen molar-refractivity contribution in [1.82, 2.24) is 4.90 Å². The minimum atomic E-state index is -0.520. The average Bonchev–Trinajstić information content (AvgIpc) is 2.59. The van der Waals surface area contributed by atoms with Crippen LogP contribution >= 0.6 is 0 Å². The fraction of sp³-hybridized carbons (Fsp3) is 0.600. The molecule has 94 valence electrons. The van der Waals surface area contributed by atoms with E-state index in [4.69, 9.17) is 0 Å². The highest BCUT2D eigenvalue weighted by Crippen LogP contribution is 2.25. The molecule has 1 aliphatic rings. The van der Waals surface area contributed by atoms with E-state index in [0.717, 1.165) is 25.9 Å². The zero-order valence-corrected chi connectivity index (χ0v) is 11.1. The molecule has 0 aliphatic carbocycles. The second-order valence-electron chi connectivity index (χ2n) is 5.79. The third-order valence-corrected chi connectivity index (χ3v) is 3.70.